The number of carbonyl (C=O) groups excluding carboxylic acids is 3. The number of amides is 3. The number of nitrogens with zero attached hydrogens (tertiary/aromatic N) is 6. The molecule has 8 rings (SSSR count). The van der Waals surface area contributed by atoms with Crippen LogP contribution in [-0.4, -0.2) is 74.8 Å². The van der Waals surface area contributed by atoms with Crippen molar-refractivity contribution < 1.29 is 19.1 Å². The van der Waals surface area contributed by atoms with Crippen molar-refractivity contribution in [1.29, 1.82) is 0 Å². The quantitative estimate of drug-likeness (QED) is 0.159. The first-order valence-electron chi connectivity index (χ1n) is 18.1. The number of hydrogen-bond donors (Lipinski definition) is 4. The van der Waals surface area contributed by atoms with Gasteiger partial charge in [0.15, 0.2) is 18.2 Å². The number of pyridine rings is 1. The summed E-state index contributed by atoms with van der Waals surface area (Å²) < 4.78 is 8.80. The van der Waals surface area contributed by atoms with Crippen molar-refractivity contribution in [2.75, 3.05) is 42.3 Å². The van der Waals surface area contributed by atoms with Gasteiger partial charge in [0.05, 0.1) is 28.8 Å². The molecule has 5 heterocycles. The number of halogens is 1. The summed E-state index contributed by atoms with van der Waals surface area (Å²) in [5.41, 5.74) is 3.99. The number of carbonyl (C=O) groups is 3. The van der Waals surface area contributed by atoms with Gasteiger partial charge in [-0.2, -0.15) is 10.1 Å². The average molecular weight is 753 g/mol. The number of aryl methyl sites for hydroxylation is 2. The maximum absolute atomic E-state index is 12.8. The second-order valence-electron chi connectivity index (χ2n) is 14.6. The van der Waals surface area contributed by atoms with E-state index in [-0.39, 0.29) is 41.1 Å². The average Bonchev–Trinajstić information content (AvgIpc) is 3.47. The normalized spacial score (nSPS) is 18.4. The van der Waals surface area contributed by atoms with Gasteiger partial charge in [0.1, 0.15) is 5.02 Å². The number of fused-ring (bicyclic) bond motifs is 2. The van der Waals surface area contributed by atoms with Crippen LogP contribution in [0.1, 0.15) is 50.1 Å². The van der Waals surface area contributed by atoms with Gasteiger partial charge in [-0.1, -0.05) is 11.6 Å². The molecule has 0 radical (unpaired) electrons. The Labute approximate surface area is 315 Å². The lowest BCUT2D eigenvalue weighted by molar-refractivity contribution is -0.134. The first kappa shape index (κ1) is 35.3. The van der Waals surface area contributed by atoms with Crippen molar-refractivity contribution in [1.82, 2.24) is 34.9 Å². The number of rotatable bonds is 9. The molecule has 15 nitrogen and oxygen atoms in total. The lowest BCUT2D eigenvalue weighted by atomic mass is 9.67. The molecule has 1 aliphatic carbocycles. The SMILES string of the molecule is CNC(=O)COc1cc2cc(Nc3nc(N4CC5(CCC(Nc6ccc7c(C8CCC(=O)NC8=O)nn(C)c7c6)CC5)C4)ncc3Cl)ccc2n(C)c1=O. The zero-order chi connectivity index (χ0) is 37.7. The molecule has 1 unspecified atom stereocenters. The van der Waals surface area contributed by atoms with Crippen LogP contribution < -0.4 is 36.5 Å². The maximum atomic E-state index is 12.8. The minimum Gasteiger partial charge on any atom is -0.478 e. The van der Waals surface area contributed by atoms with Crippen LogP contribution in [0.2, 0.25) is 5.02 Å². The molecule has 2 saturated heterocycles. The fourth-order valence-corrected chi connectivity index (χ4v) is 8.14. The summed E-state index contributed by atoms with van der Waals surface area (Å²) in [5, 5.41) is 18.7. The highest BCUT2D eigenvalue weighted by Gasteiger charge is 2.46. The van der Waals surface area contributed by atoms with E-state index in [0.29, 0.717) is 46.9 Å². The highest BCUT2D eigenvalue weighted by molar-refractivity contribution is 6.33. The van der Waals surface area contributed by atoms with Gasteiger partial charge in [0.2, 0.25) is 17.8 Å². The highest BCUT2D eigenvalue weighted by atomic mass is 35.5. The van der Waals surface area contributed by atoms with Crippen LogP contribution in [-0.2, 0) is 28.5 Å². The van der Waals surface area contributed by atoms with Gasteiger partial charge < -0.3 is 30.2 Å². The first-order chi connectivity index (χ1) is 26.0. The van der Waals surface area contributed by atoms with Gasteiger partial charge in [0.25, 0.3) is 11.5 Å². The monoisotopic (exact) mass is 752 g/mol. The van der Waals surface area contributed by atoms with Crippen LogP contribution in [0.5, 0.6) is 5.75 Å². The summed E-state index contributed by atoms with van der Waals surface area (Å²) in [6, 6.07) is 13.7. The third-order valence-electron chi connectivity index (χ3n) is 11.0. The number of imide groups is 1. The molecule has 3 amide bonds. The van der Waals surface area contributed by atoms with Gasteiger partial charge in [-0.3, -0.25) is 29.2 Å². The molecular weight excluding hydrogens is 712 g/mol. The molecule has 1 atom stereocenters. The number of piperidine rings is 1. The molecule has 2 aromatic carbocycles. The van der Waals surface area contributed by atoms with Crippen molar-refractivity contribution in [2.45, 2.75) is 50.5 Å². The Morgan fingerprint density at radius 3 is 2.56 bits per heavy atom. The first-order valence-corrected chi connectivity index (χ1v) is 18.5. The number of nitrogens with one attached hydrogen (secondary N) is 4. The van der Waals surface area contributed by atoms with E-state index in [0.717, 1.165) is 66.4 Å². The maximum Gasteiger partial charge on any atom is 0.293 e. The number of aromatic nitrogens is 5. The van der Waals surface area contributed by atoms with Crippen molar-refractivity contribution >= 4 is 74.3 Å². The Morgan fingerprint density at radius 2 is 1.80 bits per heavy atom. The van der Waals surface area contributed by atoms with Crippen LogP contribution >= 0.6 is 11.6 Å². The summed E-state index contributed by atoms with van der Waals surface area (Å²) in [6.45, 7) is 1.48. The number of hydrogen-bond acceptors (Lipinski definition) is 11. The van der Waals surface area contributed by atoms with Crippen LogP contribution in [0, 0.1) is 5.41 Å². The predicted octanol–water partition coefficient (Wildman–Crippen LogP) is 4.12. The Morgan fingerprint density at radius 1 is 1.02 bits per heavy atom. The fraction of sp³-hybridized carbons (Fsp3) is 0.395. The number of likely N-dealkylation sites (N-methyl/N-ethyl adjacent to an activating group) is 1. The summed E-state index contributed by atoms with van der Waals surface area (Å²) in [6.07, 6.45) is 6.65. The lowest BCUT2D eigenvalue weighted by Crippen LogP contribution is -2.59. The lowest BCUT2D eigenvalue weighted by Gasteiger charge is -2.53. The van der Waals surface area contributed by atoms with Crippen molar-refractivity contribution in [2.24, 2.45) is 19.5 Å². The van der Waals surface area contributed by atoms with E-state index in [1.54, 1.807) is 19.3 Å². The molecule has 3 fully saturated rings. The van der Waals surface area contributed by atoms with Gasteiger partial charge in [-0.25, -0.2) is 4.98 Å². The summed E-state index contributed by atoms with van der Waals surface area (Å²) >= 11 is 6.55. The second kappa shape index (κ2) is 13.9. The van der Waals surface area contributed by atoms with Crippen LogP contribution in [0.25, 0.3) is 21.8 Å². The van der Waals surface area contributed by atoms with E-state index in [2.05, 4.69) is 48.4 Å². The van der Waals surface area contributed by atoms with E-state index in [9.17, 15) is 19.2 Å². The van der Waals surface area contributed by atoms with Crippen molar-refractivity contribution in [3.8, 4) is 5.75 Å². The third kappa shape index (κ3) is 6.68. The van der Waals surface area contributed by atoms with E-state index in [1.807, 2.05) is 36.0 Å². The molecule has 280 valence electrons. The van der Waals surface area contributed by atoms with E-state index >= 15 is 0 Å². The van der Waals surface area contributed by atoms with E-state index in [4.69, 9.17) is 21.3 Å². The standard InChI is InChI=1S/C38H41ClN10O5/c1-40-32(51)18-54-30-15-21-14-23(5-8-28(21)47(2)36(30)53)43-34-27(39)17-41-37(45-34)49-19-38(20-49)12-10-22(11-13-38)42-24-4-6-25-29(16-24)48(3)46-33(25)26-7-9-31(50)44-35(26)52/h4-6,8,14-17,22,26,42H,7,9-13,18-20H2,1-3H3,(H,40,51)(H,41,43,45)(H,44,50,52). The van der Waals surface area contributed by atoms with Crippen LogP contribution in [0.3, 0.4) is 0 Å². The molecule has 1 saturated carbocycles. The molecule has 1 spiro atoms. The van der Waals surface area contributed by atoms with E-state index in [1.165, 1.54) is 11.6 Å². The number of benzene rings is 2. The summed E-state index contributed by atoms with van der Waals surface area (Å²) in [7, 11) is 5.05. The minimum atomic E-state index is -0.426. The van der Waals surface area contributed by atoms with Gasteiger partial charge in [-0.15, -0.1) is 0 Å². The zero-order valence-electron chi connectivity index (χ0n) is 30.2. The molecule has 3 aromatic heterocycles. The Bertz CT molecular complexity index is 2380. The number of ether oxygens (including phenoxy) is 1. The Kier molecular flexibility index (Phi) is 9.12. The molecule has 54 heavy (non-hydrogen) atoms. The molecular formula is C38H41ClN10O5. The van der Waals surface area contributed by atoms with Crippen molar-refractivity contribution in [3.05, 3.63) is 69.7 Å². The van der Waals surface area contributed by atoms with Gasteiger partial charge in [0, 0.05) is 74.3 Å². The van der Waals surface area contributed by atoms with Crippen LogP contribution in [0.4, 0.5) is 23.1 Å². The Balaban J connectivity index is 0.889. The topological polar surface area (TPSA) is 177 Å². The molecule has 2 aliphatic heterocycles. The predicted molar refractivity (Wildman–Crippen MR) is 205 cm³/mol. The largest absolute Gasteiger partial charge is 0.478 e. The zero-order valence-corrected chi connectivity index (χ0v) is 31.0. The second-order valence-corrected chi connectivity index (χ2v) is 15.0. The summed E-state index contributed by atoms with van der Waals surface area (Å²) in [4.78, 5) is 60.2. The van der Waals surface area contributed by atoms with Crippen molar-refractivity contribution in [3.63, 3.8) is 0 Å². The van der Waals surface area contributed by atoms with E-state index < -0.39 is 5.92 Å². The highest BCUT2D eigenvalue weighted by Crippen LogP contribution is 2.46. The smallest absolute Gasteiger partial charge is 0.293 e. The Hall–Kier alpha value is -5.70. The summed E-state index contributed by atoms with van der Waals surface area (Å²) in [5.74, 6) is -0.0971. The number of anilines is 4. The van der Waals surface area contributed by atoms with Gasteiger partial charge in [-0.05, 0) is 74.6 Å². The molecule has 16 heteroatoms. The molecule has 3 aliphatic rings. The van der Waals surface area contributed by atoms with Gasteiger partial charge >= 0.3 is 0 Å². The molecule has 4 N–H and O–H groups in total. The third-order valence-corrected chi connectivity index (χ3v) is 11.3. The fourth-order valence-electron chi connectivity index (χ4n) is 8.00. The van der Waals surface area contributed by atoms with Crippen LogP contribution in [0.15, 0.2) is 53.5 Å². The molecule has 0 bridgehead atoms. The minimum absolute atomic E-state index is 0.0814. The molecule has 5 aromatic rings.